The fourth-order valence-electron chi connectivity index (χ4n) is 2.62. The number of rotatable bonds is 5. The van der Waals surface area contributed by atoms with Crippen LogP contribution in [0.15, 0.2) is 0 Å². The van der Waals surface area contributed by atoms with Gasteiger partial charge >= 0.3 is 0 Å². The number of nitrogens with two attached hydrogens (primary N) is 1. The zero-order valence-corrected chi connectivity index (χ0v) is 9.87. The average molecular weight is 212 g/mol. The van der Waals surface area contributed by atoms with Crippen molar-refractivity contribution >= 4 is 0 Å². The van der Waals surface area contributed by atoms with Crippen molar-refractivity contribution in [3.8, 4) is 0 Å². The molecule has 0 aromatic rings. The minimum Gasteiger partial charge on any atom is -0.380 e. The first-order valence-corrected chi connectivity index (χ1v) is 6.28. The van der Waals surface area contributed by atoms with Crippen LogP contribution < -0.4 is 5.73 Å². The maximum atomic E-state index is 5.69. The Balaban J connectivity index is 1.69. The lowest BCUT2D eigenvalue weighted by molar-refractivity contribution is -0.121. The highest BCUT2D eigenvalue weighted by atomic mass is 16.5. The molecule has 0 spiro atoms. The summed E-state index contributed by atoms with van der Waals surface area (Å²) in [5, 5.41) is 0. The average Bonchev–Trinajstić information content (AvgIpc) is 2.65. The molecular formula is C12H24N2O. The third-order valence-electron chi connectivity index (χ3n) is 4.23. The molecule has 0 aromatic carbocycles. The highest BCUT2D eigenvalue weighted by Gasteiger charge is 2.37. The van der Waals surface area contributed by atoms with Crippen LogP contribution in [0.5, 0.6) is 0 Å². The number of hydrogen-bond acceptors (Lipinski definition) is 3. The molecule has 2 aliphatic heterocycles. The van der Waals surface area contributed by atoms with Crippen molar-refractivity contribution in [3.63, 3.8) is 0 Å². The van der Waals surface area contributed by atoms with Gasteiger partial charge in [0.25, 0.3) is 0 Å². The summed E-state index contributed by atoms with van der Waals surface area (Å²) in [5.41, 5.74) is 6.21. The van der Waals surface area contributed by atoms with Gasteiger partial charge in [0.1, 0.15) is 0 Å². The van der Waals surface area contributed by atoms with Gasteiger partial charge in [-0.25, -0.2) is 0 Å². The molecule has 1 atom stereocenters. The summed E-state index contributed by atoms with van der Waals surface area (Å²) in [7, 11) is 0. The zero-order valence-electron chi connectivity index (χ0n) is 9.87. The Morgan fingerprint density at radius 2 is 2.27 bits per heavy atom. The lowest BCUT2D eigenvalue weighted by Crippen LogP contribution is -2.44. The highest BCUT2D eigenvalue weighted by Crippen LogP contribution is 2.35. The molecule has 2 saturated heterocycles. The van der Waals surface area contributed by atoms with E-state index in [1.165, 1.54) is 38.9 Å². The Bertz CT molecular complexity index is 198. The largest absolute Gasteiger partial charge is 0.380 e. The molecule has 2 aliphatic rings. The van der Waals surface area contributed by atoms with Crippen LogP contribution in [0.25, 0.3) is 0 Å². The fraction of sp³-hybridized carbons (Fsp3) is 1.00. The van der Waals surface area contributed by atoms with Gasteiger partial charge in [-0.3, -0.25) is 0 Å². The molecule has 88 valence electrons. The van der Waals surface area contributed by atoms with Crippen molar-refractivity contribution in [1.29, 1.82) is 0 Å². The summed E-state index contributed by atoms with van der Waals surface area (Å²) in [5.74, 6) is 0.750. The van der Waals surface area contributed by atoms with Gasteiger partial charge in [0, 0.05) is 12.0 Å². The molecule has 0 amide bonds. The lowest BCUT2D eigenvalue weighted by Gasteiger charge is -2.41. The maximum Gasteiger partial charge on any atom is 0.0545 e. The number of likely N-dealkylation sites (tertiary alicyclic amines) is 1. The standard InChI is InChI=1S/C12H24N2O/c1-2-12(9-15-10-12)4-6-14-5-3-11(7-13)8-14/h11H,2-10,13H2,1H3. The van der Waals surface area contributed by atoms with Crippen molar-refractivity contribution in [1.82, 2.24) is 4.90 Å². The molecule has 2 rings (SSSR count). The van der Waals surface area contributed by atoms with Gasteiger partial charge in [0.05, 0.1) is 13.2 Å². The van der Waals surface area contributed by atoms with Gasteiger partial charge < -0.3 is 15.4 Å². The molecule has 3 nitrogen and oxygen atoms in total. The Kier molecular flexibility index (Phi) is 3.65. The van der Waals surface area contributed by atoms with Crippen LogP contribution in [0, 0.1) is 11.3 Å². The first-order chi connectivity index (χ1) is 7.28. The normalized spacial score (nSPS) is 30.4. The smallest absolute Gasteiger partial charge is 0.0545 e. The van der Waals surface area contributed by atoms with Gasteiger partial charge in [-0.15, -0.1) is 0 Å². The third-order valence-corrected chi connectivity index (χ3v) is 4.23. The molecule has 1 unspecified atom stereocenters. The summed E-state index contributed by atoms with van der Waals surface area (Å²) < 4.78 is 5.35. The molecule has 15 heavy (non-hydrogen) atoms. The van der Waals surface area contributed by atoms with Gasteiger partial charge in [-0.1, -0.05) is 6.92 Å². The topological polar surface area (TPSA) is 38.5 Å². The van der Waals surface area contributed by atoms with Crippen LogP contribution in [-0.2, 0) is 4.74 Å². The molecule has 0 radical (unpaired) electrons. The Morgan fingerprint density at radius 3 is 2.73 bits per heavy atom. The van der Waals surface area contributed by atoms with Crippen molar-refractivity contribution in [2.75, 3.05) is 39.4 Å². The highest BCUT2D eigenvalue weighted by molar-refractivity contribution is 4.86. The molecule has 2 heterocycles. The summed E-state index contributed by atoms with van der Waals surface area (Å²) in [6, 6.07) is 0. The zero-order chi connectivity index (χ0) is 10.7. The van der Waals surface area contributed by atoms with E-state index >= 15 is 0 Å². The number of nitrogens with zero attached hydrogens (tertiary/aromatic N) is 1. The first kappa shape index (κ1) is 11.4. The Hall–Kier alpha value is -0.120. The van der Waals surface area contributed by atoms with Crippen LogP contribution in [0.3, 0.4) is 0 Å². The Labute approximate surface area is 93.0 Å². The van der Waals surface area contributed by atoms with Crippen LogP contribution in [0.1, 0.15) is 26.2 Å². The van der Waals surface area contributed by atoms with Crippen LogP contribution >= 0.6 is 0 Å². The second-order valence-corrected chi connectivity index (χ2v) is 5.29. The van der Waals surface area contributed by atoms with Crippen LogP contribution in [0.4, 0.5) is 0 Å². The van der Waals surface area contributed by atoms with Gasteiger partial charge in [-0.05, 0) is 44.8 Å². The van der Waals surface area contributed by atoms with E-state index in [9.17, 15) is 0 Å². The van der Waals surface area contributed by atoms with E-state index in [0.717, 1.165) is 25.7 Å². The van der Waals surface area contributed by atoms with E-state index in [4.69, 9.17) is 10.5 Å². The molecule has 0 saturated carbocycles. The Morgan fingerprint density at radius 1 is 1.47 bits per heavy atom. The number of hydrogen-bond donors (Lipinski definition) is 1. The van der Waals surface area contributed by atoms with Gasteiger partial charge in [0.2, 0.25) is 0 Å². The molecule has 0 aromatic heterocycles. The molecule has 0 bridgehead atoms. The van der Waals surface area contributed by atoms with Gasteiger partial charge in [-0.2, -0.15) is 0 Å². The van der Waals surface area contributed by atoms with E-state index in [1.807, 2.05) is 0 Å². The predicted octanol–water partition coefficient (Wildman–Crippen LogP) is 1.08. The summed E-state index contributed by atoms with van der Waals surface area (Å²) in [6.07, 6.45) is 3.87. The monoisotopic (exact) mass is 212 g/mol. The predicted molar refractivity (Wildman–Crippen MR) is 61.8 cm³/mol. The number of ether oxygens (including phenoxy) is 1. The quantitative estimate of drug-likeness (QED) is 0.741. The van der Waals surface area contributed by atoms with Crippen molar-refractivity contribution in [2.24, 2.45) is 17.1 Å². The van der Waals surface area contributed by atoms with E-state index in [2.05, 4.69) is 11.8 Å². The minimum atomic E-state index is 0.515. The summed E-state index contributed by atoms with van der Waals surface area (Å²) in [4.78, 5) is 2.58. The van der Waals surface area contributed by atoms with Gasteiger partial charge in [0.15, 0.2) is 0 Å². The summed E-state index contributed by atoms with van der Waals surface area (Å²) in [6.45, 7) is 8.83. The van der Waals surface area contributed by atoms with Crippen LogP contribution in [-0.4, -0.2) is 44.3 Å². The van der Waals surface area contributed by atoms with E-state index < -0.39 is 0 Å². The van der Waals surface area contributed by atoms with Crippen molar-refractivity contribution in [3.05, 3.63) is 0 Å². The van der Waals surface area contributed by atoms with E-state index in [0.29, 0.717) is 5.41 Å². The maximum absolute atomic E-state index is 5.69. The molecule has 0 aliphatic carbocycles. The third kappa shape index (κ3) is 2.52. The minimum absolute atomic E-state index is 0.515. The van der Waals surface area contributed by atoms with E-state index in [-0.39, 0.29) is 0 Å². The summed E-state index contributed by atoms with van der Waals surface area (Å²) >= 11 is 0. The SMILES string of the molecule is CCC1(CCN2CCC(CN)C2)COC1. The van der Waals surface area contributed by atoms with Crippen molar-refractivity contribution in [2.45, 2.75) is 26.2 Å². The van der Waals surface area contributed by atoms with Crippen LogP contribution in [0.2, 0.25) is 0 Å². The second kappa shape index (κ2) is 4.81. The molecule has 3 heteroatoms. The van der Waals surface area contributed by atoms with Crippen molar-refractivity contribution < 1.29 is 4.74 Å². The molecular weight excluding hydrogens is 188 g/mol. The first-order valence-electron chi connectivity index (χ1n) is 6.28. The second-order valence-electron chi connectivity index (χ2n) is 5.29. The lowest BCUT2D eigenvalue weighted by atomic mass is 9.80. The molecule has 2 fully saturated rings. The van der Waals surface area contributed by atoms with E-state index in [1.54, 1.807) is 0 Å². The molecule has 2 N–H and O–H groups in total. The fourth-order valence-corrected chi connectivity index (χ4v) is 2.62.